The minimum atomic E-state index is -0.356. The van der Waals surface area contributed by atoms with Crippen LogP contribution in [0.25, 0.3) is 10.9 Å². The van der Waals surface area contributed by atoms with E-state index in [1.165, 1.54) is 23.9 Å². The van der Waals surface area contributed by atoms with Crippen LogP contribution in [0.4, 0.5) is 4.39 Å². The Morgan fingerprint density at radius 2 is 2.31 bits per heavy atom. The summed E-state index contributed by atoms with van der Waals surface area (Å²) in [6.45, 7) is 1.39. The van der Waals surface area contributed by atoms with Gasteiger partial charge in [0.2, 0.25) is 5.91 Å². The number of hydrogen-bond acceptors (Lipinski definition) is 2. The fourth-order valence-electron chi connectivity index (χ4n) is 1.27. The molecule has 0 saturated heterocycles. The predicted molar refractivity (Wildman–Crippen MR) is 46.0 cm³/mol. The lowest BCUT2D eigenvalue weighted by Gasteiger charge is -1.95. The molecule has 0 spiro atoms. The zero-order valence-corrected chi connectivity index (χ0v) is 6.99. The van der Waals surface area contributed by atoms with Crippen LogP contribution in [-0.4, -0.2) is 15.7 Å². The van der Waals surface area contributed by atoms with Crippen molar-refractivity contribution in [2.75, 3.05) is 0 Å². The minimum Gasteiger partial charge on any atom is -0.273 e. The van der Waals surface area contributed by atoms with E-state index in [9.17, 15) is 9.18 Å². The van der Waals surface area contributed by atoms with E-state index in [0.717, 1.165) is 0 Å². The largest absolute Gasteiger partial charge is 0.273 e. The summed E-state index contributed by atoms with van der Waals surface area (Å²) < 4.78 is 14.3. The quantitative estimate of drug-likeness (QED) is 0.616. The van der Waals surface area contributed by atoms with E-state index in [1.54, 1.807) is 12.1 Å². The van der Waals surface area contributed by atoms with Gasteiger partial charge in [-0.25, -0.2) is 9.07 Å². The summed E-state index contributed by atoms with van der Waals surface area (Å²) in [5, 5.41) is 4.16. The standard InChI is InChI=1S/C9H7FN2O/c1-6(13)12-9-4-2-3-8(10)7(9)5-11-12/h2-5H,1H3. The van der Waals surface area contributed by atoms with Crippen LogP contribution in [-0.2, 0) is 0 Å². The van der Waals surface area contributed by atoms with Crippen molar-refractivity contribution >= 4 is 16.8 Å². The molecule has 0 atom stereocenters. The second-order valence-corrected chi connectivity index (χ2v) is 2.75. The number of hydrogen-bond donors (Lipinski definition) is 0. The van der Waals surface area contributed by atoms with Crippen molar-refractivity contribution in [2.45, 2.75) is 6.92 Å². The summed E-state index contributed by atoms with van der Waals surface area (Å²) in [6.07, 6.45) is 1.35. The molecule has 0 amide bonds. The van der Waals surface area contributed by atoms with Gasteiger partial charge in [0.15, 0.2) is 0 Å². The Bertz CT molecular complexity index is 475. The Labute approximate surface area is 73.8 Å². The van der Waals surface area contributed by atoms with Gasteiger partial charge in [0, 0.05) is 6.92 Å². The number of rotatable bonds is 0. The maximum Gasteiger partial charge on any atom is 0.244 e. The van der Waals surface area contributed by atoms with Gasteiger partial charge in [-0.05, 0) is 12.1 Å². The van der Waals surface area contributed by atoms with E-state index in [2.05, 4.69) is 5.10 Å². The van der Waals surface area contributed by atoms with Crippen LogP contribution < -0.4 is 0 Å². The molecule has 0 aliphatic carbocycles. The van der Waals surface area contributed by atoms with Crippen LogP contribution >= 0.6 is 0 Å². The van der Waals surface area contributed by atoms with Crippen LogP contribution in [0.5, 0.6) is 0 Å². The first-order valence-electron chi connectivity index (χ1n) is 3.83. The molecule has 1 aromatic heterocycles. The number of aromatic nitrogens is 2. The average molecular weight is 178 g/mol. The number of carbonyl (C=O) groups excluding carboxylic acids is 1. The molecule has 0 saturated carbocycles. The van der Waals surface area contributed by atoms with Crippen molar-refractivity contribution in [3.8, 4) is 0 Å². The van der Waals surface area contributed by atoms with E-state index < -0.39 is 0 Å². The van der Waals surface area contributed by atoms with Gasteiger partial charge < -0.3 is 0 Å². The number of halogens is 1. The molecule has 4 heteroatoms. The molecule has 0 fully saturated rings. The van der Waals surface area contributed by atoms with Gasteiger partial charge in [0.25, 0.3) is 0 Å². The summed E-state index contributed by atoms with van der Waals surface area (Å²) in [4.78, 5) is 11.0. The first kappa shape index (κ1) is 7.91. The zero-order chi connectivity index (χ0) is 9.42. The molecule has 0 unspecified atom stereocenters. The van der Waals surface area contributed by atoms with Crippen LogP contribution in [0, 0.1) is 5.82 Å². The number of carbonyl (C=O) groups is 1. The Kier molecular flexibility index (Phi) is 1.62. The summed E-state index contributed by atoms with van der Waals surface area (Å²) in [5.74, 6) is -0.578. The molecule has 0 radical (unpaired) electrons. The van der Waals surface area contributed by atoms with Gasteiger partial charge in [-0.3, -0.25) is 4.79 Å². The number of fused-ring (bicyclic) bond motifs is 1. The van der Waals surface area contributed by atoms with Crippen LogP contribution in [0.1, 0.15) is 11.7 Å². The smallest absolute Gasteiger partial charge is 0.244 e. The van der Waals surface area contributed by atoms with Crippen LogP contribution in [0.15, 0.2) is 24.4 Å². The third-order valence-electron chi connectivity index (χ3n) is 1.86. The zero-order valence-electron chi connectivity index (χ0n) is 6.99. The van der Waals surface area contributed by atoms with E-state index in [-0.39, 0.29) is 11.7 Å². The Hall–Kier alpha value is -1.71. The lowest BCUT2D eigenvalue weighted by Crippen LogP contribution is -2.06. The van der Waals surface area contributed by atoms with Crippen molar-refractivity contribution in [3.05, 3.63) is 30.2 Å². The lowest BCUT2D eigenvalue weighted by atomic mass is 10.2. The molecule has 0 aliphatic rings. The second-order valence-electron chi connectivity index (χ2n) is 2.75. The molecule has 1 aromatic carbocycles. The fourth-order valence-corrected chi connectivity index (χ4v) is 1.27. The molecule has 13 heavy (non-hydrogen) atoms. The fraction of sp³-hybridized carbons (Fsp3) is 0.111. The molecule has 2 aromatic rings. The van der Waals surface area contributed by atoms with Gasteiger partial charge >= 0.3 is 0 Å². The molecular formula is C9H7FN2O. The summed E-state index contributed by atoms with van der Waals surface area (Å²) in [7, 11) is 0. The highest BCUT2D eigenvalue weighted by Gasteiger charge is 2.08. The Balaban J connectivity index is 2.83. The average Bonchev–Trinajstić information content (AvgIpc) is 2.48. The van der Waals surface area contributed by atoms with Crippen molar-refractivity contribution in [2.24, 2.45) is 0 Å². The van der Waals surface area contributed by atoms with Crippen molar-refractivity contribution < 1.29 is 9.18 Å². The third kappa shape index (κ3) is 1.11. The van der Waals surface area contributed by atoms with Gasteiger partial charge in [-0.2, -0.15) is 5.10 Å². The molecular weight excluding hydrogens is 171 g/mol. The molecule has 3 nitrogen and oxygen atoms in total. The van der Waals surface area contributed by atoms with Gasteiger partial charge in [-0.15, -0.1) is 0 Å². The second kappa shape index (κ2) is 2.65. The molecule has 0 aliphatic heterocycles. The minimum absolute atomic E-state index is 0.222. The van der Waals surface area contributed by atoms with Crippen molar-refractivity contribution in [1.29, 1.82) is 0 Å². The molecule has 0 bridgehead atoms. The number of nitrogens with zero attached hydrogens (tertiary/aromatic N) is 2. The monoisotopic (exact) mass is 178 g/mol. The molecule has 2 rings (SSSR count). The van der Waals surface area contributed by atoms with E-state index in [1.807, 2.05) is 0 Å². The maximum atomic E-state index is 13.1. The van der Waals surface area contributed by atoms with Gasteiger partial charge in [0.05, 0.1) is 17.1 Å². The highest BCUT2D eigenvalue weighted by molar-refractivity contribution is 5.89. The highest BCUT2D eigenvalue weighted by atomic mass is 19.1. The highest BCUT2D eigenvalue weighted by Crippen LogP contribution is 2.16. The number of benzene rings is 1. The first-order chi connectivity index (χ1) is 6.20. The van der Waals surface area contributed by atoms with Crippen LogP contribution in [0.2, 0.25) is 0 Å². The van der Waals surface area contributed by atoms with Gasteiger partial charge in [0.1, 0.15) is 5.82 Å². The lowest BCUT2D eigenvalue weighted by molar-refractivity contribution is 0.0927. The van der Waals surface area contributed by atoms with Crippen molar-refractivity contribution in [3.63, 3.8) is 0 Å². The predicted octanol–water partition coefficient (Wildman–Crippen LogP) is 1.84. The first-order valence-corrected chi connectivity index (χ1v) is 3.83. The van der Waals surface area contributed by atoms with E-state index >= 15 is 0 Å². The van der Waals surface area contributed by atoms with Crippen molar-refractivity contribution in [1.82, 2.24) is 9.78 Å². The normalized spacial score (nSPS) is 10.6. The summed E-state index contributed by atoms with van der Waals surface area (Å²) in [6, 6.07) is 4.56. The van der Waals surface area contributed by atoms with E-state index in [0.29, 0.717) is 10.9 Å². The topological polar surface area (TPSA) is 34.9 Å². The molecule has 1 heterocycles. The molecule has 0 N–H and O–H groups in total. The Morgan fingerprint density at radius 3 is 3.00 bits per heavy atom. The van der Waals surface area contributed by atoms with E-state index in [4.69, 9.17) is 0 Å². The molecule has 66 valence electrons. The summed E-state index contributed by atoms with van der Waals surface area (Å²) in [5.41, 5.74) is 0.507. The SMILES string of the molecule is CC(=O)n1ncc2c(F)cccc21. The maximum absolute atomic E-state index is 13.1. The third-order valence-corrected chi connectivity index (χ3v) is 1.86. The summed E-state index contributed by atoms with van der Waals surface area (Å²) >= 11 is 0. The van der Waals surface area contributed by atoms with Crippen LogP contribution in [0.3, 0.4) is 0 Å². The Morgan fingerprint density at radius 1 is 1.54 bits per heavy atom. The van der Waals surface area contributed by atoms with Gasteiger partial charge in [-0.1, -0.05) is 6.07 Å².